The van der Waals surface area contributed by atoms with Gasteiger partial charge in [0.1, 0.15) is 5.82 Å². The summed E-state index contributed by atoms with van der Waals surface area (Å²) in [6.07, 6.45) is 4.76. The van der Waals surface area contributed by atoms with Crippen LogP contribution in [0.3, 0.4) is 0 Å². The molecule has 2 amide bonds. The predicted octanol–water partition coefficient (Wildman–Crippen LogP) is 2.66. The standard InChI is InChI=1S/C17H23FN2O2/c1-13-6-7-14(18)12-15(13)17(22)19-9-8-16(21)20-10-4-2-3-5-11-20/h6-7,12H,2-5,8-11H2,1H3,(H,19,22). The highest BCUT2D eigenvalue weighted by atomic mass is 19.1. The third-order valence-electron chi connectivity index (χ3n) is 4.03. The van der Waals surface area contributed by atoms with E-state index in [9.17, 15) is 14.0 Å². The first-order chi connectivity index (χ1) is 10.6. The first-order valence-electron chi connectivity index (χ1n) is 7.90. The van der Waals surface area contributed by atoms with Gasteiger partial charge < -0.3 is 10.2 Å². The van der Waals surface area contributed by atoms with Gasteiger partial charge in [0.25, 0.3) is 5.91 Å². The smallest absolute Gasteiger partial charge is 0.251 e. The van der Waals surface area contributed by atoms with Gasteiger partial charge in [0.05, 0.1) is 0 Å². The molecule has 120 valence electrons. The molecule has 1 fully saturated rings. The summed E-state index contributed by atoms with van der Waals surface area (Å²) < 4.78 is 13.2. The molecule has 22 heavy (non-hydrogen) atoms. The molecule has 0 atom stereocenters. The molecule has 2 rings (SSSR count). The second-order valence-corrected chi connectivity index (χ2v) is 5.76. The van der Waals surface area contributed by atoms with Crippen molar-refractivity contribution in [3.8, 4) is 0 Å². The number of benzene rings is 1. The average Bonchev–Trinajstić information content (AvgIpc) is 2.78. The van der Waals surface area contributed by atoms with Crippen molar-refractivity contribution >= 4 is 11.8 Å². The van der Waals surface area contributed by atoms with E-state index in [4.69, 9.17) is 0 Å². The number of halogens is 1. The second-order valence-electron chi connectivity index (χ2n) is 5.76. The van der Waals surface area contributed by atoms with Crippen molar-refractivity contribution in [3.05, 3.63) is 35.1 Å². The fourth-order valence-electron chi connectivity index (χ4n) is 2.70. The molecule has 1 N–H and O–H groups in total. The van der Waals surface area contributed by atoms with Gasteiger partial charge in [-0.15, -0.1) is 0 Å². The molecule has 0 unspecified atom stereocenters. The highest BCUT2D eigenvalue weighted by Gasteiger charge is 2.16. The van der Waals surface area contributed by atoms with Crippen molar-refractivity contribution in [1.29, 1.82) is 0 Å². The number of aryl methyl sites for hydroxylation is 1. The van der Waals surface area contributed by atoms with Crippen molar-refractivity contribution in [1.82, 2.24) is 10.2 Å². The average molecular weight is 306 g/mol. The molecular formula is C17H23FN2O2. The lowest BCUT2D eigenvalue weighted by molar-refractivity contribution is -0.131. The van der Waals surface area contributed by atoms with Crippen LogP contribution in [-0.2, 0) is 4.79 Å². The fraction of sp³-hybridized carbons (Fsp3) is 0.529. The number of nitrogens with zero attached hydrogens (tertiary/aromatic N) is 1. The Morgan fingerprint density at radius 3 is 2.55 bits per heavy atom. The lowest BCUT2D eigenvalue weighted by atomic mass is 10.1. The van der Waals surface area contributed by atoms with E-state index in [1.54, 1.807) is 13.0 Å². The maximum absolute atomic E-state index is 13.2. The van der Waals surface area contributed by atoms with Gasteiger partial charge in [-0.3, -0.25) is 9.59 Å². The van der Waals surface area contributed by atoms with Crippen LogP contribution in [0.4, 0.5) is 4.39 Å². The van der Waals surface area contributed by atoms with Gasteiger partial charge in [-0.25, -0.2) is 4.39 Å². The summed E-state index contributed by atoms with van der Waals surface area (Å²) in [6, 6.07) is 4.13. The molecule has 1 aromatic rings. The number of likely N-dealkylation sites (tertiary alicyclic amines) is 1. The summed E-state index contributed by atoms with van der Waals surface area (Å²) in [5.41, 5.74) is 1.04. The molecule has 1 aliphatic rings. The quantitative estimate of drug-likeness (QED) is 0.929. The number of hydrogen-bond donors (Lipinski definition) is 1. The normalized spacial score (nSPS) is 15.3. The van der Waals surface area contributed by atoms with E-state index < -0.39 is 5.82 Å². The lowest BCUT2D eigenvalue weighted by Gasteiger charge is -2.20. The van der Waals surface area contributed by atoms with E-state index in [1.807, 2.05) is 4.90 Å². The van der Waals surface area contributed by atoms with Crippen LogP contribution in [0.5, 0.6) is 0 Å². The largest absolute Gasteiger partial charge is 0.352 e. The first kappa shape index (κ1) is 16.5. The number of hydrogen-bond acceptors (Lipinski definition) is 2. The predicted molar refractivity (Wildman–Crippen MR) is 83.1 cm³/mol. The number of nitrogens with one attached hydrogen (secondary N) is 1. The van der Waals surface area contributed by atoms with Crippen molar-refractivity contribution in [2.24, 2.45) is 0 Å². The van der Waals surface area contributed by atoms with Gasteiger partial charge in [0, 0.05) is 31.6 Å². The highest BCUT2D eigenvalue weighted by Crippen LogP contribution is 2.11. The summed E-state index contributed by atoms with van der Waals surface area (Å²) >= 11 is 0. The van der Waals surface area contributed by atoms with E-state index in [0.29, 0.717) is 12.0 Å². The Kier molecular flexibility index (Phi) is 5.92. The van der Waals surface area contributed by atoms with E-state index in [0.717, 1.165) is 31.5 Å². The molecule has 0 aliphatic carbocycles. The molecule has 4 nitrogen and oxygen atoms in total. The Labute approximate surface area is 130 Å². The number of carbonyl (C=O) groups is 2. The first-order valence-corrected chi connectivity index (χ1v) is 7.90. The molecule has 0 radical (unpaired) electrons. The zero-order valence-electron chi connectivity index (χ0n) is 13.0. The van der Waals surface area contributed by atoms with Crippen LogP contribution in [0, 0.1) is 12.7 Å². The molecule has 1 aromatic carbocycles. The van der Waals surface area contributed by atoms with Gasteiger partial charge in [0.15, 0.2) is 0 Å². The van der Waals surface area contributed by atoms with Crippen molar-refractivity contribution in [2.45, 2.75) is 39.0 Å². The van der Waals surface area contributed by atoms with Crippen molar-refractivity contribution in [3.63, 3.8) is 0 Å². The number of amides is 2. The third kappa shape index (κ3) is 4.55. The Morgan fingerprint density at radius 1 is 1.18 bits per heavy atom. The van der Waals surface area contributed by atoms with E-state index in [1.165, 1.54) is 25.0 Å². The van der Waals surface area contributed by atoms with Crippen LogP contribution < -0.4 is 5.32 Å². The van der Waals surface area contributed by atoms with E-state index in [2.05, 4.69) is 5.32 Å². The molecular weight excluding hydrogens is 283 g/mol. The van der Waals surface area contributed by atoms with Gasteiger partial charge >= 0.3 is 0 Å². The Morgan fingerprint density at radius 2 is 1.86 bits per heavy atom. The third-order valence-corrected chi connectivity index (χ3v) is 4.03. The van der Waals surface area contributed by atoms with Crippen molar-refractivity contribution < 1.29 is 14.0 Å². The van der Waals surface area contributed by atoms with Crippen LogP contribution in [0.25, 0.3) is 0 Å². The highest BCUT2D eigenvalue weighted by molar-refractivity contribution is 5.95. The lowest BCUT2D eigenvalue weighted by Crippen LogP contribution is -2.35. The van der Waals surface area contributed by atoms with E-state index in [-0.39, 0.29) is 18.4 Å². The maximum Gasteiger partial charge on any atom is 0.251 e. The van der Waals surface area contributed by atoms with Crippen LogP contribution in [-0.4, -0.2) is 36.3 Å². The summed E-state index contributed by atoms with van der Waals surface area (Å²) in [5.74, 6) is -0.685. The minimum absolute atomic E-state index is 0.0816. The Balaban J connectivity index is 1.81. The minimum Gasteiger partial charge on any atom is -0.352 e. The van der Waals surface area contributed by atoms with Gasteiger partial charge in [0.2, 0.25) is 5.91 Å². The summed E-state index contributed by atoms with van der Waals surface area (Å²) in [5, 5.41) is 2.70. The van der Waals surface area contributed by atoms with Crippen LogP contribution in [0.15, 0.2) is 18.2 Å². The molecule has 0 spiro atoms. The Bertz CT molecular complexity index is 537. The summed E-state index contributed by atoms with van der Waals surface area (Å²) in [6.45, 7) is 3.67. The van der Waals surface area contributed by atoms with Crippen molar-refractivity contribution in [2.75, 3.05) is 19.6 Å². The Hall–Kier alpha value is -1.91. The van der Waals surface area contributed by atoms with Gasteiger partial charge in [-0.2, -0.15) is 0 Å². The molecule has 0 saturated carbocycles. The van der Waals surface area contributed by atoms with Crippen LogP contribution in [0.1, 0.15) is 48.0 Å². The zero-order chi connectivity index (χ0) is 15.9. The summed E-state index contributed by atoms with van der Waals surface area (Å²) in [4.78, 5) is 26.0. The van der Waals surface area contributed by atoms with Gasteiger partial charge in [-0.1, -0.05) is 18.9 Å². The molecule has 5 heteroatoms. The topological polar surface area (TPSA) is 49.4 Å². The fourth-order valence-corrected chi connectivity index (χ4v) is 2.70. The minimum atomic E-state index is -0.434. The molecule has 1 heterocycles. The molecule has 1 aliphatic heterocycles. The molecule has 0 bridgehead atoms. The monoisotopic (exact) mass is 306 g/mol. The SMILES string of the molecule is Cc1ccc(F)cc1C(=O)NCCC(=O)N1CCCCCC1. The van der Waals surface area contributed by atoms with Crippen LogP contribution in [0.2, 0.25) is 0 Å². The number of rotatable bonds is 4. The van der Waals surface area contributed by atoms with Gasteiger partial charge in [-0.05, 0) is 37.5 Å². The zero-order valence-corrected chi connectivity index (χ0v) is 13.0. The van der Waals surface area contributed by atoms with E-state index >= 15 is 0 Å². The molecule has 1 saturated heterocycles. The molecule has 0 aromatic heterocycles. The second kappa shape index (κ2) is 7.92. The number of carbonyl (C=O) groups excluding carboxylic acids is 2. The summed E-state index contributed by atoms with van der Waals surface area (Å²) in [7, 11) is 0. The van der Waals surface area contributed by atoms with Crippen LogP contribution >= 0.6 is 0 Å². The maximum atomic E-state index is 13.2.